The Morgan fingerprint density at radius 3 is 1.06 bits per heavy atom. The first-order valence-electron chi connectivity index (χ1n) is 14.0. The molecule has 2 aromatic rings. The molecule has 0 aliphatic carbocycles. The van der Waals surface area contributed by atoms with Crippen molar-refractivity contribution in [2.75, 3.05) is 7.15 Å². The number of esters is 4. The Labute approximate surface area is 289 Å². The van der Waals surface area contributed by atoms with Crippen molar-refractivity contribution in [1.29, 1.82) is 0 Å². The number of ether oxygens (including phenoxy) is 4. The number of alkyl halides is 4. The van der Waals surface area contributed by atoms with E-state index in [-0.39, 0.29) is 0 Å². The maximum Gasteiger partial charge on any atom is 0.491 e. The van der Waals surface area contributed by atoms with Crippen molar-refractivity contribution in [2.45, 2.75) is 71.8 Å². The second-order valence-corrected chi connectivity index (χ2v) is 11.1. The van der Waals surface area contributed by atoms with Crippen LogP contribution >= 0.6 is 0 Å². The van der Waals surface area contributed by atoms with Crippen molar-refractivity contribution in [1.82, 2.24) is 0 Å². The Balaban J connectivity index is 0. The van der Waals surface area contributed by atoms with E-state index in [4.69, 9.17) is 16.0 Å². The van der Waals surface area contributed by atoms with Gasteiger partial charge in [-0.05, 0) is 41.5 Å². The van der Waals surface area contributed by atoms with Crippen LogP contribution in [0, 0.1) is 58.2 Å². The van der Waals surface area contributed by atoms with Crippen LogP contribution in [0.4, 0.5) is 61.5 Å². The number of benzene rings is 2. The number of halogens is 14. The minimum Gasteiger partial charge on any atom is -0.481 e. The lowest BCUT2D eigenvalue weighted by molar-refractivity contribution is -0.190. The molecule has 2 aromatic carbocycles. The summed E-state index contributed by atoms with van der Waals surface area (Å²) < 4.78 is 195. The third-order valence-electron chi connectivity index (χ3n) is 4.41. The SMILES string of the molecule is CC(C)(C)OC(=O)CC(=O)O.CC(C)(C)OC(=O)CC(=O)Oc1c(F)c(F)c(F)c(F)c1F.O=C(Oc1c(F)c(F)c(F)c(F)c1F)C(F)(F)F.[2H]CF. The molecule has 0 aliphatic rings. The lowest BCUT2D eigenvalue weighted by Crippen LogP contribution is -2.29. The van der Waals surface area contributed by atoms with Crippen LogP contribution in [-0.2, 0) is 33.4 Å². The fourth-order valence-electron chi connectivity index (χ4n) is 2.65. The second kappa shape index (κ2) is 20.2. The molecule has 300 valence electrons. The normalized spacial score (nSPS) is 11.2. The molecule has 0 unspecified atom stereocenters. The van der Waals surface area contributed by atoms with E-state index in [1.54, 1.807) is 20.8 Å². The van der Waals surface area contributed by atoms with Crippen molar-refractivity contribution in [3.8, 4) is 11.5 Å². The Morgan fingerprint density at radius 1 is 0.528 bits per heavy atom. The zero-order chi connectivity index (χ0) is 43.3. The number of carboxylic acid groups (broad SMARTS) is 1. The van der Waals surface area contributed by atoms with E-state index >= 15 is 0 Å². The van der Waals surface area contributed by atoms with Gasteiger partial charge < -0.3 is 24.1 Å². The number of hydrogen-bond acceptors (Lipinski definition) is 9. The number of hydrogen-bond donors (Lipinski definition) is 1. The molecule has 0 fully saturated rings. The highest BCUT2D eigenvalue weighted by atomic mass is 19.4. The molecule has 2 rings (SSSR count). The molecule has 53 heavy (non-hydrogen) atoms. The number of aliphatic carboxylic acids is 1. The average molecular weight is 801 g/mol. The van der Waals surface area contributed by atoms with Gasteiger partial charge in [0.1, 0.15) is 24.0 Å². The summed E-state index contributed by atoms with van der Waals surface area (Å²) in [7, 11) is -1.00. The molecule has 0 amide bonds. The van der Waals surface area contributed by atoms with Gasteiger partial charge in [0.05, 0.1) is 8.52 Å². The lowest BCUT2D eigenvalue weighted by atomic mass is 10.2. The van der Waals surface area contributed by atoms with Gasteiger partial charge in [-0.25, -0.2) is 31.1 Å². The first kappa shape index (κ1) is 47.8. The summed E-state index contributed by atoms with van der Waals surface area (Å²) in [5.41, 5.74) is -1.53. The molecular formula is C29H26F14O10. The number of carboxylic acids is 1. The highest BCUT2D eigenvalue weighted by molar-refractivity contribution is 5.92. The molecule has 0 spiro atoms. The molecule has 1 N–H and O–H groups in total. The average Bonchev–Trinajstić information content (AvgIpc) is 2.99. The summed E-state index contributed by atoms with van der Waals surface area (Å²) >= 11 is 0. The Bertz CT molecular complexity index is 1630. The van der Waals surface area contributed by atoms with Crippen molar-refractivity contribution in [3.63, 3.8) is 0 Å². The largest absolute Gasteiger partial charge is 0.491 e. The zero-order valence-corrected chi connectivity index (χ0v) is 27.5. The van der Waals surface area contributed by atoms with Crippen molar-refractivity contribution >= 4 is 29.8 Å². The third kappa shape index (κ3) is 16.8. The Kier molecular flexibility index (Phi) is 18.2. The van der Waals surface area contributed by atoms with Gasteiger partial charge >= 0.3 is 36.0 Å². The summed E-state index contributed by atoms with van der Waals surface area (Å²) in [6, 6.07) is 0. The predicted octanol–water partition coefficient (Wildman–Crippen LogP) is 7.26. The smallest absolute Gasteiger partial charge is 0.481 e. The predicted molar refractivity (Wildman–Crippen MR) is 145 cm³/mol. The molecule has 0 saturated carbocycles. The summed E-state index contributed by atoms with van der Waals surface area (Å²) in [5.74, 6) is -36.2. The standard InChI is InChI=1S/C13H11F5O4.C8F8O2.C7H12O4.CH3F/c1-13(2,3)22-6(20)4-5(19)21-12-10(17)8(15)7(14)9(16)11(12)18;9-1-2(10)4(12)6(5(13)3(1)11)18-7(17)8(14,15)16;1-7(2,3)11-6(10)4-5(8)9;1-2/h4H2,1-3H3;;4H2,1-3H3,(H,8,9);1H3/i;;;1D. The molecule has 10 nitrogen and oxygen atoms in total. The fourth-order valence-corrected chi connectivity index (χ4v) is 2.65. The maximum atomic E-state index is 13.3. The van der Waals surface area contributed by atoms with Crippen LogP contribution in [0.3, 0.4) is 0 Å². The van der Waals surface area contributed by atoms with Crippen LogP contribution in [-0.4, -0.2) is 59.5 Å². The van der Waals surface area contributed by atoms with Crippen LogP contribution in [0.1, 0.15) is 55.8 Å². The second-order valence-electron chi connectivity index (χ2n) is 11.1. The first-order chi connectivity index (χ1) is 24.2. The van der Waals surface area contributed by atoms with Crippen molar-refractivity contribution < 1.29 is 111 Å². The third-order valence-corrected chi connectivity index (χ3v) is 4.41. The van der Waals surface area contributed by atoms with Crippen molar-refractivity contribution in [2.24, 2.45) is 0 Å². The van der Waals surface area contributed by atoms with Crippen LogP contribution in [0.15, 0.2) is 0 Å². The Morgan fingerprint density at radius 2 is 0.792 bits per heavy atom. The Hall–Kier alpha value is -5.19. The molecule has 0 bridgehead atoms. The summed E-state index contributed by atoms with van der Waals surface area (Å²) in [6.07, 6.45) is -7.28. The first-order valence-corrected chi connectivity index (χ1v) is 13.3. The quantitative estimate of drug-likeness (QED) is 0.0793. The lowest BCUT2D eigenvalue weighted by Gasteiger charge is -2.19. The molecule has 0 radical (unpaired) electrons. The van der Waals surface area contributed by atoms with Gasteiger partial charge in [0.2, 0.25) is 69.7 Å². The van der Waals surface area contributed by atoms with Gasteiger partial charge in [0.15, 0.2) is 0 Å². The van der Waals surface area contributed by atoms with Crippen molar-refractivity contribution in [3.05, 3.63) is 58.2 Å². The van der Waals surface area contributed by atoms with Crippen LogP contribution in [0.25, 0.3) is 0 Å². The number of rotatable bonds is 6. The summed E-state index contributed by atoms with van der Waals surface area (Å²) in [4.78, 5) is 53.5. The minimum absolute atomic E-state index is 0.572. The van der Waals surface area contributed by atoms with Crippen LogP contribution in [0.2, 0.25) is 0 Å². The molecule has 0 aromatic heterocycles. The highest BCUT2D eigenvalue weighted by Gasteiger charge is 2.43. The molecule has 0 atom stereocenters. The molecule has 24 heteroatoms. The molecular weight excluding hydrogens is 774 g/mol. The van der Waals surface area contributed by atoms with E-state index in [2.05, 4.69) is 9.47 Å². The zero-order valence-electron chi connectivity index (χ0n) is 28.5. The molecule has 0 saturated heterocycles. The molecule has 0 heterocycles. The van der Waals surface area contributed by atoms with E-state index in [0.717, 1.165) is 0 Å². The van der Waals surface area contributed by atoms with Gasteiger partial charge in [-0.2, -0.15) is 30.7 Å². The van der Waals surface area contributed by atoms with E-state index < -0.39 is 137 Å². The monoisotopic (exact) mass is 801 g/mol. The van der Waals surface area contributed by atoms with Gasteiger partial charge in [0, 0.05) is 0 Å². The topological polar surface area (TPSA) is 142 Å². The number of carbonyl (C=O) groups excluding carboxylic acids is 4. The minimum atomic E-state index is -5.65. The van der Waals surface area contributed by atoms with E-state index in [0.29, 0.717) is 0 Å². The van der Waals surface area contributed by atoms with Gasteiger partial charge in [-0.15, -0.1) is 0 Å². The van der Waals surface area contributed by atoms with Crippen LogP contribution in [0.5, 0.6) is 11.5 Å². The maximum absolute atomic E-state index is 13.3. The van der Waals surface area contributed by atoms with Gasteiger partial charge in [-0.1, -0.05) is 0 Å². The number of carbonyl (C=O) groups is 5. The molecule has 0 aliphatic heterocycles. The highest BCUT2D eigenvalue weighted by Crippen LogP contribution is 2.31. The summed E-state index contributed by atoms with van der Waals surface area (Å²) in [6.45, 7) is 9.56. The fraction of sp³-hybridized carbons (Fsp3) is 0.414. The van der Waals surface area contributed by atoms with Gasteiger partial charge in [-0.3, -0.25) is 23.6 Å². The van der Waals surface area contributed by atoms with E-state index in [1.165, 1.54) is 20.8 Å². The van der Waals surface area contributed by atoms with Gasteiger partial charge in [0.25, 0.3) is 0 Å². The van der Waals surface area contributed by atoms with E-state index in [9.17, 15) is 85.4 Å². The van der Waals surface area contributed by atoms with Crippen LogP contribution < -0.4 is 9.47 Å². The summed E-state index contributed by atoms with van der Waals surface area (Å²) in [5, 5.41) is 8.18. The van der Waals surface area contributed by atoms with E-state index in [1.807, 2.05) is 0 Å².